The van der Waals surface area contributed by atoms with Crippen LogP contribution >= 0.6 is 0 Å². The fourth-order valence-electron chi connectivity index (χ4n) is 3.11. The molecule has 2 aliphatic rings. The van der Waals surface area contributed by atoms with Gasteiger partial charge in [0.1, 0.15) is 0 Å². The van der Waals surface area contributed by atoms with Crippen molar-refractivity contribution >= 4 is 11.6 Å². The minimum absolute atomic E-state index is 0.0436. The molecule has 2 fully saturated rings. The van der Waals surface area contributed by atoms with Crippen LogP contribution in [0.3, 0.4) is 0 Å². The van der Waals surface area contributed by atoms with E-state index in [2.05, 4.69) is 21.3 Å². The predicted molar refractivity (Wildman–Crippen MR) is 73.7 cm³/mol. The van der Waals surface area contributed by atoms with Gasteiger partial charge in [-0.25, -0.2) is 0 Å². The predicted octanol–water partition coefficient (Wildman–Crippen LogP) is 0.816. The van der Waals surface area contributed by atoms with Gasteiger partial charge in [-0.2, -0.15) is 0 Å². The molecule has 1 aromatic rings. The van der Waals surface area contributed by atoms with Crippen LogP contribution in [0.5, 0.6) is 0 Å². The number of hydrogen-bond donors (Lipinski definition) is 2. The van der Waals surface area contributed by atoms with Gasteiger partial charge in [0.05, 0.1) is 29.5 Å². The van der Waals surface area contributed by atoms with Gasteiger partial charge in [-0.05, 0) is 31.9 Å². The highest BCUT2D eigenvalue weighted by molar-refractivity contribution is 5.83. The highest BCUT2D eigenvalue weighted by Crippen LogP contribution is 2.31. The summed E-state index contributed by atoms with van der Waals surface area (Å²) in [5.74, 6) is 0.344. The third-order valence-electron chi connectivity index (χ3n) is 4.17. The van der Waals surface area contributed by atoms with Crippen LogP contribution in [0, 0.1) is 5.92 Å². The molecule has 0 aromatic carbocycles. The second-order valence-electron chi connectivity index (χ2n) is 5.48. The summed E-state index contributed by atoms with van der Waals surface area (Å²) in [6.45, 7) is 3.67. The van der Waals surface area contributed by atoms with Gasteiger partial charge in [-0.1, -0.05) is 0 Å². The zero-order chi connectivity index (χ0) is 13.4. The van der Waals surface area contributed by atoms with Crippen molar-refractivity contribution in [3.8, 4) is 0 Å². The number of aromatic nitrogens is 1. The largest absolute Gasteiger partial charge is 0.365 e. The topological polar surface area (TPSA) is 71.2 Å². The molecule has 3 atom stereocenters. The molecule has 0 aliphatic carbocycles. The van der Waals surface area contributed by atoms with Gasteiger partial charge in [0, 0.05) is 19.1 Å². The summed E-state index contributed by atoms with van der Waals surface area (Å²) < 4.78 is 0. The van der Waals surface area contributed by atoms with E-state index in [4.69, 9.17) is 5.73 Å². The van der Waals surface area contributed by atoms with E-state index >= 15 is 0 Å². The van der Waals surface area contributed by atoms with Crippen LogP contribution < -0.4 is 16.0 Å². The van der Waals surface area contributed by atoms with E-state index in [0.29, 0.717) is 0 Å². The molecule has 19 heavy (non-hydrogen) atoms. The lowest BCUT2D eigenvalue weighted by Gasteiger charge is -2.37. The van der Waals surface area contributed by atoms with Crippen molar-refractivity contribution < 1.29 is 4.79 Å². The van der Waals surface area contributed by atoms with Crippen molar-refractivity contribution in [2.75, 3.05) is 18.0 Å². The van der Waals surface area contributed by atoms with Crippen molar-refractivity contribution in [3.63, 3.8) is 0 Å². The van der Waals surface area contributed by atoms with E-state index in [0.717, 1.165) is 37.3 Å². The van der Waals surface area contributed by atoms with Crippen LogP contribution in [0.15, 0.2) is 18.3 Å². The molecule has 2 unspecified atom stereocenters. The third kappa shape index (κ3) is 2.18. The molecule has 0 radical (unpaired) electrons. The number of carbonyl (C=O) groups is 1. The maximum atomic E-state index is 11.8. The minimum Gasteiger partial charge on any atom is -0.365 e. The number of nitrogens with zero attached hydrogens (tertiary/aromatic N) is 2. The normalized spacial score (nSPS) is 27.9. The third-order valence-corrected chi connectivity index (χ3v) is 4.17. The number of pyridine rings is 1. The van der Waals surface area contributed by atoms with Crippen LogP contribution in [0.25, 0.3) is 0 Å². The summed E-state index contributed by atoms with van der Waals surface area (Å²) in [5.41, 5.74) is 7.81. The van der Waals surface area contributed by atoms with E-state index in [1.165, 1.54) is 0 Å². The molecular weight excluding hydrogens is 240 g/mol. The Bertz CT molecular complexity index is 471. The van der Waals surface area contributed by atoms with Crippen LogP contribution in [-0.4, -0.2) is 30.0 Å². The number of amides is 1. The van der Waals surface area contributed by atoms with Crippen LogP contribution in [0.1, 0.15) is 31.5 Å². The average molecular weight is 260 g/mol. The Morgan fingerprint density at radius 1 is 1.53 bits per heavy atom. The Balaban J connectivity index is 1.83. The Morgan fingerprint density at radius 3 is 3.05 bits per heavy atom. The lowest BCUT2D eigenvalue weighted by atomic mass is 9.91. The Morgan fingerprint density at radius 2 is 2.37 bits per heavy atom. The van der Waals surface area contributed by atoms with E-state index in [1.807, 2.05) is 19.2 Å². The summed E-state index contributed by atoms with van der Waals surface area (Å²) in [5, 5.41) is 2.97. The molecule has 0 saturated carbocycles. The van der Waals surface area contributed by atoms with E-state index < -0.39 is 0 Å². The fourth-order valence-corrected chi connectivity index (χ4v) is 3.11. The second kappa shape index (κ2) is 4.81. The van der Waals surface area contributed by atoms with Gasteiger partial charge < -0.3 is 16.0 Å². The Labute approximate surface area is 113 Å². The number of piperidine rings is 1. The molecular formula is C14H20N4O. The first-order valence-electron chi connectivity index (χ1n) is 6.92. The first-order valence-corrected chi connectivity index (χ1v) is 6.92. The zero-order valence-electron chi connectivity index (χ0n) is 11.2. The van der Waals surface area contributed by atoms with E-state index in [-0.39, 0.29) is 23.9 Å². The lowest BCUT2D eigenvalue weighted by molar-refractivity contribution is -0.122. The molecule has 3 heterocycles. The molecule has 3 N–H and O–H groups in total. The average Bonchev–Trinajstić information content (AvgIpc) is 2.81. The van der Waals surface area contributed by atoms with E-state index in [1.54, 1.807) is 0 Å². The number of carbonyl (C=O) groups excluding carboxylic acids is 1. The summed E-state index contributed by atoms with van der Waals surface area (Å²) in [4.78, 5) is 18.5. The maximum Gasteiger partial charge on any atom is 0.225 e. The summed E-state index contributed by atoms with van der Waals surface area (Å²) in [7, 11) is 0. The SMILES string of the molecule is C[C@H](N)c1ccc(N2CCCC3C(=O)NCC32)cn1. The van der Waals surface area contributed by atoms with Gasteiger partial charge >= 0.3 is 0 Å². The molecule has 1 aromatic heterocycles. The summed E-state index contributed by atoms with van der Waals surface area (Å²) in [6.07, 6.45) is 3.94. The van der Waals surface area contributed by atoms with Crippen LogP contribution in [0.2, 0.25) is 0 Å². The second-order valence-corrected chi connectivity index (χ2v) is 5.48. The van der Waals surface area contributed by atoms with Crippen molar-refractivity contribution in [2.45, 2.75) is 31.8 Å². The van der Waals surface area contributed by atoms with Gasteiger partial charge in [0.15, 0.2) is 0 Å². The number of rotatable bonds is 2. The number of hydrogen-bond acceptors (Lipinski definition) is 4. The molecule has 2 saturated heterocycles. The molecule has 2 aliphatic heterocycles. The Kier molecular flexibility index (Phi) is 3.14. The van der Waals surface area contributed by atoms with Gasteiger partial charge in [-0.3, -0.25) is 9.78 Å². The highest BCUT2D eigenvalue weighted by atomic mass is 16.2. The molecule has 102 valence electrons. The van der Waals surface area contributed by atoms with Crippen LogP contribution in [0.4, 0.5) is 5.69 Å². The summed E-state index contributed by atoms with van der Waals surface area (Å²) in [6, 6.07) is 4.28. The van der Waals surface area contributed by atoms with Gasteiger partial charge in [0.25, 0.3) is 0 Å². The van der Waals surface area contributed by atoms with Gasteiger partial charge in [-0.15, -0.1) is 0 Å². The monoisotopic (exact) mass is 260 g/mol. The zero-order valence-corrected chi connectivity index (χ0v) is 11.2. The van der Waals surface area contributed by atoms with Crippen molar-refractivity contribution in [1.29, 1.82) is 0 Å². The van der Waals surface area contributed by atoms with Crippen LogP contribution in [-0.2, 0) is 4.79 Å². The molecule has 0 bridgehead atoms. The first kappa shape index (κ1) is 12.4. The first-order chi connectivity index (χ1) is 9.16. The molecule has 5 heteroatoms. The molecule has 1 amide bonds. The molecule has 3 rings (SSSR count). The van der Waals surface area contributed by atoms with Crippen molar-refractivity contribution in [3.05, 3.63) is 24.0 Å². The Hall–Kier alpha value is -1.62. The van der Waals surface area contributed by atoms with Crippen molar-refractivity contribution in [1.82, 2.24) is 10.3 Å². The fraction of sp³-hybridized carbons (Fsp3) is 0.571. The smallest absolute Gasteiger partial charge is 0.225 e. The molecule has 5 nitrogen and oxygen atoms in total. The highest BCUT2D eigenvalue weighted by Gasteiger charge is 2.40. The maximum absolute atomic E-state index is 11.8. The number of fused-ring (bicyclic) bond motifs is 1. The minimum atomic E-state index is -0.0436. The lowest BCUT2D eigenvalue weighted by Crippen LogP contribution is -2.45. The number of nitrogens with two attached hydrogens (primary N) is 1. The standard InChI is InChI=1S/C14H20N4O/c1-9(15)12-5-4-10(7-16-12)18-6-2-3-11-13(18)8-17-14(11)19/h4-5,7,9,11,13H,2-3,6,8,15H2,1H3,(H,17,19)/t9-,11?,13?/m0/s1. The van der Waals surface area contributed by atoms with E-state index in [9.17, 15) is 4.79 Å². The molecule has 0 spiro atoms. The van der Waals surface area contributed by atoms with Crippen molar-refractivity contribution in [2.24, 2.45) is 11.7 Å². The summed E-state index contributed by atoms with van der Waals surface area (Å²) >= 11 is 0. The number of anilines is 1. The van der Waals surface area contributed by atoms with Gasteiger partial charge in [0.2, 0.25) is 5.91 Å². The number of nitrogens with one attached hydrogen (secondary N) is 1. The quantitative estimate of drug-likeness (QED) is 0.825.